The first-order chi connectivity index (χ1) is 32.8. The summed E-state index contributed by atoms with van der Waals surface area (Å²) in [5.41, 5.74) is 21.1. The monoisotopic (exact) mass is 861 g/mol. The van der Waals surface area contributed by atoms with Crippen molar-refractivity contribution >= 4 is 93.4 Å². The van der Waals surface area contributed by atoms with Crippen molar-refractivity contribution in [1.82, 2.24) is 18.7 Å². The Labute approximate surface area is 389 Å². The fourth-order valence-electron chi connectivity index (χ4n) is 11.0. The van der Waals surface area contributed by atoms with Gasteiger partial charge in [-0.25, -0.2) is 0 Å². The van der Waals surface area contributed by atoms with E-state index in [1.54, 1.807) is 0 Å². The molecule has 9 aromatic carbocycles. The molecule has 13 aromatic rings. The molecule has 0 N–H and O–H groups in total. The number of rotatable bonds is 6. The van der Waals surface area contributed by atoms with Crippen LogP contribution >= 0.6 is 0 Å². The van der Waals surface area contributed by atoms with Crippen molar-refractivity contribution in [2.45, 2.75) is 34.6 Å². The fraction of sp³-hybridized carbons (Fsp3) is 0.0806. The molecule has 4 heterocycles. The van der Waals surface area contributed by atoms with Crippen LogP contribution in [0.15, 0.2) is 194 Å². The average Bonchev–Trinajstić information content (AvgIpc) is 3.97. The molecule has 0 aliphatic heterocycles. The number of fused-ring (bicyclic) bond motifs is 10. The van der Waals surface area contributed by atoms with Crippen LogP contribution in [0.2, 0.25) is 0 Å². The largest absolute Gasteiger partial charge is 0.310 e. The van der Waals surface area contributed by atoms with Crippen LogP contribution in [0.1, 0.15) is 27.8 Å². The van der Waals surface area contributed by atoms with Crippen molar-refractivity contribution in [3.05, 3.63) is 222 Å². The number of hydrogen-bond acceptors (Lipinski definition) is 2. The minimum absolute atomic E-state index is 0.987. The zero-order valence-corrected chi connectivity index (χ0v) is 38.2. The van der Waals surface area contributed by atoms with E-state index in [2.05, 4.69) is 235 Å². The lowest BCUT2D eigenvalue weighted by molar-refractivity contribution is 1.16. The van der Waals surface area contributed by atoms with Gasteiger partial charge in [-0.05, 0) is 162 Å². The molecule has 320 valence electrons. The molecule has 67 heavy (non-hydrogen) atoms. The van der Waals surface area contributed by atoms with Crippen LogP contribution in [0.3, 0.4) is 0 Å². The first-order valence-corrected chi connectivity index (χ1v) is 23.2. The topological polar surface area (TPSA) is 30.9 Å². The van der Waals surface area contributed by atoms with E-state index in [9.17, 15) is 0 Å². The maximum absolute atomic E-state index is 4.70. The summed E-state index contributed by atoms with van der Waals surface area (Å²) in [6, 6.07) is 69.8. The first kappa shape index (κ1) is 39.0. The van der Waals surface area contributed by atoms with Crippen molar-refractivity contribution in [3.63, 3.8) is 0 Å². The third-order valence-corrected chi connectivity index (χ3v) is 14.0. The summed E-state index contributed by atoms with van der Waals surface area (Å²) in [5.74, 6) is 0. The second kappa shape index (κ2) is 14.8. The van der Waals surface area contributed by atoms with E-state index in [4.69, 9.17) is 4.98 Å². The van der Waals surface area contributed by atoms with Crippen LogP contribution in [0.4, 0.5) is 17.1 Å². The van der Waals surface area contributed by atoms with Crippen molar-refractivity contribution in [1.29, 1.82) is 0 Å². The number of hydrogen-bond donors (Lipinski definition) is 0. The number of aryl methyl sites for hydroxylation is 5. The van der Waals surface area contributed by atoms with Gasteiger partial charge in [0.15, 0.2) is 0 Å². The summed E-state index contributed by atoms with van der Waals surface area (Å²) in [4.78, 5) is 7.15. The third kappa shape index (κ3) is 5.97. The minimum Gasteiger partial charge on any atom is -0.310 e. The highest BCUT2D eigenvalue weighted by Crippen LogP contribution is 2.46. The second-order valence-electron chi connectivity index (χ2n) is 18.4. The van der Waals surface area contributed by atoms with E-state index < -0.39 is 0 Å². The van der Waals surface area contributed by atoms with Gasteiger partial charge in [0.05, 0.1) is 50.0 Å². The van der Waals surface area contributed by atoms with Crippen LogP contribution in [0, 0.1) is 34.6 Å². The number of aromatic nitrogens is 4. The zero-order chi connectivity index (χ0) is 45.1. The van der Waals surface area contributed by atoms with Crippen LogP contribution in [-0.4, -0.2) is 18.7 Å². The van der Waals surface area contributed by atoms with Gasteiger partial charge in [-0.15, -0.1) is 0 Å². The van der Waals surface area contributed by atoms with E-state index in [-0.39, 0.29) is 0 Å². The molecule has 5 nitrogen and oxygen atoms in total. The Morgan fingerprint density at radius 3 is 1.67 bits per heavy atom. The minimum atomic E-state index is 0.987. The summed E-state index contributed by atoms with van der Waals surface area (Å²) in [6.45, 7) is 10.9. The lowest BCUT2D eigenvalue weighted by Gasteiger charge is -2.28. The second-order valence-corrected chi connectivity index (χ2v) is 18.4. The van der Waals surface area contributed by atoms with Crippen molar-refractivity contribution in [3.8, 4) is 17.1 Å². The highest BCUT2D eigenvalue weighted by atomic mass is 15.2. The molecule has 4 aromatic heterocycles. The summed E-state index contributed by atoms with van der Waals surface area (Å²) < 4.78 is 7.34. The molecule has 0 aliphatic carbocycles. The number of pyridine rings is 1. The molecule has 0 aliphatic rings. The van der Waals surface area contributed by atoms with Gasteiger partial charge in [-0.3, -0.25) is 4.98 Å². The standard InChI is InChI=1S/C62H47N5/c1-38-18-23-43(24-19-38)64(53-27-20-39(2)33-42(53)5)60-16-9-17-61-62(60)51-35-41(4)22-29-59(51)66(61)45-25-30-57-50(37-45)48-34-40(3)21-28-56(48)65(57)44-26-31-58-49(36-44)46-11-6-7-14-54(46)67(58)55-15-8-13-52-47(55)12-10-32-63-52/h6-37H,1-5H3. The Bertz CT molecular complexity index is 4160. The molecule has 0 fully saturated rings. The quantitative estimate of drug-likeness (QED) is 0.167. The average molecular weight is 862 g/mol. The summed E-state index contributed by atoms with van der Waals surface area (Å²) in [7, 11) is 0. The van der Waals surface area contributed by atoms with E-state index >= 15 is 0 Å². The van der Waals surface area contributed by atoms with Crippen LogP contribution in [-0.2, 0) is 0 Å². The number of nitrogens with zero attached hydrogens (tertiary/aromatic N) is 5. The number of benzene rings is 9. The van der Waals surface area contributed by atoms with Gasteiger partial charge >= 0.3 is 0 Å². The fourth-order valence-corrected chi connectivity index (χ4v) is 11.0. The molecular formula is C62H47N5. The summed E-state index contributed by atoms with van der Waals surface area (Å²) in [5, 5.41) is 8.48. The Hall–Kier alpha value is -8.41. The lowest BCUT2D eigenvalue weighted by Crippen LogP contribution is -2.12. The molecule has 0 saturated carbocycles. The highest BCUT2D eigenvalue weighted by molar-refractivity contribution is 6.18. The molecule has 0 saturated heterocycles. The lowest BCUT2D eigenvalue weighted by atomic mass is 10.0. The molecule has 0 radical (unpaired) electrons. The van der Waals surface area contributed by atoms with E-state index in [1.165, 1.54) is 98.9 Å². The molecule has 0 atom stereocenters. The molecule has 5 heteroatoms. The van der Waals surface area contributed by atoms with Crippen molar-refractivity contribution in [2.75, 3.05) is 4.90 Å². The summed E-state index contributed by atoms with van der Waals surface area (Å²) in [6.07, 6.45) is 1.87. The smallest absolute Gasteiger partial charge is 0.0723 e. The Kier molecular flexibility index (Phi) is 8.62. The molecule has 0 amide bonds. The molecule has 0 spiro atoms. The van der Waals surface area contributed by atoms with Crippen molar-refractivity contribution in [2.24, 2.45) is 0 Å². The van der Waals surface area contributed by atoms with Gasteiger partial charge in [0.25, 0.3) is 0 Å². The normalized spacial score (nSPS) is 12.0. The predicted octanol–water partition coefficient (Wildman–Crippen LogP) is 16.5. The summed E-state index contributed by atoms with van der Waals surface area (Å²) >= 11 is 0. The number of anilines is 3. The third-order valence-electron chi connectivity index (χ3n) is 14.0. The molecule has 0 unspecified atom stereocenters. The maximum Gasteiger partial charge on any atom is 0.0723 e. The molecule has 0 bridgehead atoms. The van der Waals surface area contributed by atoms with Crippen LogP contribution < -0.4 is 4.90 Å². The van der Waals surface area contributed by atoms with Gasteiger partial charge in [0.2, 0.25) is 0 Å². The van der Waals surface area contributed by atoms with Gasteiger partial charge < -0.3 is 18.6 Å². The first-order valence-electron chi connectivity index (χ1n) is 23.2. The van der Waals surface area contributed by atoms with Gasteiger partial charge in [0, 0.05) is 66.6 Å². The van der Waals surface area contributed by atoms with E-state index in [1.807, 2.05) is 12.3 Å². The van der Waals surface area contributed by atoms with E-state index in [0.29, 0.717) is 0 Å². The van der Waals surface area contributed by atoms with E-state index in [0.717, 1.165) is 39.3 Å². The van der Waals surface area contributed by atoms with Gasteiger partial charge in [-0.1, -0.05) is 89.0 Å². The zero-order valence-electron chi connectivity index (χ0n) is 38.2. The Morgan fingerprint density at radius 2 is 0.910 bits per heavy atom. The predicted molar refractivity (Wildman–Crippen MR) is 283 cm³/mol. The van der Waals surface area contributed by atoms with Gasteiger partial charge in [-0.2, -0.15) is 0 Å². The maximum atomic E-state index is 4.70. The van der Waals surface area contributed by atoms with Crippen LogP contribution in [0.5, 0.6) is 0 Å². The highest BCUT2D eigenvalue weighted by Gasteiger charge is 2.24. The SMILES string of the molecule is Cc1ccc(N(c2ccc(C)cc2C)c2cccc3c2c2cc(C)ccc2n3-c2ccc3c(c2)c2cc(C)ccc2n3-c2ccc3c(c2)c2ccccc2n3-c2cccc3ncccc23)cc1. The Morgan fingerprint density at radius 1 is 0.358 bits per heavy atom. The number of para-hydroxylation sites is 1. The molecule has 13 rings (SSSR count). The van der Waals surface area contributed by atoms with Crippen molar-refractivity contribution < 1.29 is 0 Å². The van der Waals surface area contributed by atoms with Crippen LogP contribution in [0.25, 0.3) is 93.4 Å². The Balaban J connectivity index is 1.03. The molecular weight excluding hydrogens is 815 g/mol. The van der Waals surface area contributed by atoms with Gasteiger partial charge in [0.1, 0.15) is 0 Å².